The van der Waals surface area contributed by atoms with Gasteiger partial charge in [0.05, 0.1) is 6.61 Å². The zero-order valence-electron chi connectivity index (χ0n) is 16.7. The summed E-state index contributed by atoms with van der Waals surface area (Å²) in [6, 6.07) is 0. The number of carbonyl (C=O) groups excluding carboxylic acids is 4. The number of ether oxygens (including phenoxy) is 6. The van der Waals surface area contributed by atoms with E-state index in [0.717, 1.165) is 25.6 Å². The van der Waals surface area contributed by atoms with Crippen molar-refractivity contribution in [3.63, 3.8) is 0 Å². The molecular formula is C17H24O10S2. The van der Waals surface area contributed by atoms with Gasteiger partial charge < -0.3 is 28.4 Å². The molecule has 1 fully saturated rings. The lowest BCUT2D eigenvalue weighted by Gasteiger charge is -2.43. The highest BCUT2D eigenvalue weighted by Crippen LogP contribution is 2.35. The highest BCUT2D eigenvalue weighted by Gasteiger charge is 2.52. The van der Waals surface area contributed by atoms with Crippen molar-refractivity contribution >= 4 is 52.2 Å². The average molecular weight is 453 g/mol. The normalized spacial score (nSPS) is 26.0. The van der Waals surface area contributed by atoms with E-state index in [1.807, 2.05) is 0 Å². The van der Waals surface area contributed by atoms with Gasteiger partial charge in [-0.25, -0.2) is 0 Å². The summed E-state index contributed by atoms with van der Waals surface area (Å²) in [6.07, 6.45) is -4.60. The quantitative estimate of drug-likeness (QED) is 0.312. The molecule has 0 saturated carbocycles. The van der Waals surface area contributed by atoms with Crippen molar-refractivity contribution < 1.29 is 47.6 Å². The summed E-state index contributed by atoms with van der Waals surface area (Å²) >= 11 is 6.04. The highest BCUT2D eigenvalue weighted by molar-refractivity contribution is 8.22. The third kappa shape index (κ3) is 8.54. The number of esters is 4. The standard InChI is InChI=1S/C17H24O10S2/c1-6-22-17(28)29-16-15(26-11(5)21)14(25-10(4)20)13(24-9(3)19)12(27-16)7-23-8(2)18/h12-16H,6-7H2,1-5H3/t12-,13-,14+,15-,16+/m1/s1. The van der Waals surface area contributed by atoms with Gasteiger partial charge in [0.2, 0.25) is 4.38 Å². The first kappa shape index (κ1) is 25.1. The van der Waals surface area contributed by atoms with E-state index >= 15 is 0 Å². The van der Waals surface area contributed by atoms with Crippen LogP contribution >= 0.6 is 24.0 Å². The van der Waals surface area contributed by atoms with Crippen LogP contribution in [0.25, 0.3) is 0 Å². The average Bonchev–Trinajstić information content (AvgIpc) is 2.57. The fourth-order valence-electron chi connectivity index (χ4n) is 2.53. The van der Waals surface area contributed by atoms with Gasteiger partial charge in [-0.2, -0.15) is 0 Å². The van der Waals surface area contributed by atoms with Crippen LogP contribution in [-0.4, -0.2) is 71.3 Å². The minimum atomic E-state index is -1.23. The molecule has 0 unspecified atom stereocenters. The number of thiocarbonyl (C=S) groups is 1. The maximum absolute atomic E-state index is 11.7. The first-order chi connectivity index (χ1) is 13.5. The smallest absolute Gasteiger partial charge is 0.303 e. The molecule has 0 aromatic rings. The molecular weight excluding hydrogens is 428 g/mol. The summed E-state index contributed by atoms with van der Waals surface area (Å²) in [6.45, 7) is 6.41. The summed E-state index contributed by atoms with van der Waals surface area (Å²) in [7, 11) is 0. The zero-order valence-corrected chi connectivity index (χ0v) is 18.3. The Labute approximate surface area is 177 Å². The van der Waals surface area contributed by atoms with Crippen LogP contribution in [0.15, 0.2) is 0 Å². The van der Waals surface area contributed by atoms with E-state index in [1.165, 1.54) is 13.8 Å². The molecule has 0 radical (unpaired) electrons. The molecule has 0 bridgehead atoms. The van der Waals surface area contributed by atoms with Crippen LogP contribution in [0.5, 0.6) is 0 Å². The lowest BCUT2D eigenvalue weighted by atomic mass is 9.99. The maximum atomic E-state index is 11.7. The molecule has 1 saturated heterocycles. The molecule has 1 rings (SSSR count). The van der Waals surface area contributed by atoms with Crippen molar-refractivity contribution in [1.29, 1.82) is 0 Å². The van der Waals surface area contributed by atoms with Crippen molar-refractivity contribution in [2.45, 2.75) is 64.5 Å². The molecule has 10 nitrogen and oxygen atoms in total. The Kier molecular flexibility index (Phi) is 10.3. The van der Waals surface area contributed by atoms with Crippen molar-refractivity contribution in [2.24, 2.45) is 0 Å². The van der Waals surface area contributed by atoms with Crippen molar-refractivity contribution in [3.05, 3.63) is 0 Å². The second-order valence-corrected chi connectivity index (χ2v) is 7.57. The van der Waals surface area contributed by atoms with Crippen LogP contribution in [-0.2, 0) is 47.6 Å². The van der Waals surface area contributed by atoms with Gasteiger partial charge in [0.1, 0.15) is 12.7 Å². The Morgan fingerprint density at radius 2 is 1.34 bits per heavy atom. The van der Waals surface area contributed by atoms with E-state index in [4.69, 9.17) is 40.6 Å². The third-order valence-electron chi connectivity index (χ3n) is 3.42. The zero-order chi connectivity index (χ0) is 22.1. The summed E-state index contributed by atoms with van der Waals surface area (Å²) in [5.41, 5.74) is -0.977. The first-order valence-electron chi connectivity index (χ1n) is 8.69. The molecule has 0 aliphatic carbocycles. The molecule has 0 aromatic heterocycles. The van der Waals surface area contributed by atoms with Crippen LogP contribution < -0.4 is 0 Å². The third-order valence-corrected chi connectivity index (χ3v) is 4.75. The minimum Gasteiger partial charge on any atom is -0.479 e. The predicted molar refractivity (Wildman–Crippen MR) is 104 cm³/mol. The Hall–Kier alpha value is -1.92. The summed E-state index contributed by atoms with van der Waals surface area (Å²) in [5, 5.41) is 0. The second-order valence-electron chi connectivity index (χ2n) is 5.87. The molecule has 29 heavy (non-hydrogen) atoms. The molecule has 0 aromatic carbocycles. The summed E-state index contributed by atoms with van der Waals surface area (Å²) in [4.78, 5) is 46.2. The first-order valence-corrected chi connectivity index (χ1v) is 9.97. The monoisotopic (exact) mass is 452 g/mol. The topological polar surface area (TPSA) is 124 Å². The molecule has 1 aliphatic rings. The predicted octanol–water partition coefficient (Wildman–Crippen LogP) is 1.12. The van der Waals surface area contributed by atoms with Crippen LogP contribution in [0, 0.1) is 0 Å². The van der Waals surface area contributed by atoms with E-state index in [2.05, 4.69) is 0 Å². The fourth-order valence-corrected chi connectivity index (χ4v) is 3.85. The van der Waals surface area contributed by atoms with E-state index in [-0.39, 0.29) is 11.0 Å². The lowest BCUT2D eigenvalue weighted by molar-refractivity contribution is -0.237. The van der Waals surface area contributed by atoms with E-state index in [0.29, 0.717) is 6.61 Å². The van der Waals surface area contributed by atoms with Crippen LogP contribution in [0.4, 0.5) is 0 Å². The number of hydrogen-bond acceptors (Lipinski definition) is 12. The van der Waals surface area contributed by atoms with Crippen LogP contribution in [0.1, 0.15) is 34.6 Å². The fraction of sp³-hybridized carbons (Fsp3) is 0.706. The Morgan fingerprint density at radius 3 is 1.83 bits per heavy atom. The summed E-state index contributed by atoms with van der Waals surface area (Å²) < 4.78 is 32.1. The number of carbonyl (C=O) groups is 4. The molecule has 0 spiro atoms. The Balaban J connectivity index is 3.29. The van der Waals surface area contributed by atoms with Crippen LogP contribution in [0.3, 0.4) is 0 Å². The van der Waals surface area contributed by atoms with E-state index < -0.39 is 53.7 Å². The number of rotatable bonds is 7. The molecule has 5 atom stereocenters. The van der Waals surface area contributed by atoms with Crippen molar-refractivity contribution in [2.75, 3.05) is 13.2 Å². The SMILES string of the molecule is CCOC(=S)S[C@@H]1O[C@H](COC(C)=O)[C@@H](OC(C)=O)[C@H](OC(C)=O)[C@H]1OC(C)=O. The van der Waals surface area contributed by atoms with Crippen LogP contribution in [0.2, 0.25) is 0 Å². The summed E-state index contributed by atoms with van der Waals surface area (Å²) in [5.74, 6) is -2.66. The molecule has 1 heterocycles. The second kappa shape index (κ2) is 11.9. The molecule has 1 aliphatic heterocycles. The molecule has 0 amide bonds. The van der Waals surface area contributed by atoms with Gasteiger partial charge in [0.25, 0.3) is 0 Å². The number of thioether (sulfide) groups is 1. The largest absolute Gasteiger partial charge is 0.479 e. The Morgan fingerprint density at radius 1 is 0.828 bits per heavy atom. The van der Waals surface area contributed by atoms with Gasteiger partial charge >= 0.3 is 23.9 Å². The van der Waals surface area contributed by atoms with Gasteiger partial charge in [-0.3, -0.25) is 19.2 Å². The molecule has 12 heteroatoms. The Bertz CT molecular complexity index is 638. The van der Waals surface area contributed by atoms with Gasteiger partial charge in [-0.15, -0.1) is 0 Å². The number of hydrogen-bond donors (Lipinski definition) is 0. The molecule has 164 valence electrons. The lowest BCUT2D eigenvalue weighted by Crippen LogP contribution is -2.61. The van der Waals surface area contributed by atoms with Gasteiger partial charge in [0.15, 0.2) is 23.7 Å². The van der Waals surface area contributed by atoms with Gasteiger partial charge in [-0.1, -0.05) is 0 Å². The van der Waals surface area contributed by atoms with Crippen molar-refractivity contribution in [1.82, 2.24) is 0 Å². The van der Waals surface area contributed by atoms with E-state index in [1.54, 1.807) is 6.92 Å². The van der Waals surface area contributed by atoms with Gasteiger partial charge in [-0.05, 0) is 30.9 Å². The molecule has 0 N–H and O–H groups in total. The highest BCUT2D eigenvalue weighted by atomic mass is 32.2. The minimum absolute atomic E-state index is 0.105. The maximum Gasteiger partial charge on any atom is 0.303 e. The van der Waals surface area contributed by atoms with E-state index in [9.17, 15) is 19.2 Å². The van der Waals surface area contributed by atoms with Crippen molar-refractivity contribution in [3.8, 4) is 0 Å². The van der Waals surface area contributed by atoms with Gasteiger partial charge in [0, 0.05) is 27.7 Å².